The van der Waals surface area contributed by atoms with Gasteiger partial charge in [-0.2, -0.15) is 0 Å². The number of hydrogen-bond donors (Lipinski definition) is 1. The number of nitrogens with two attached hydrogens (primary N) is 1. The molecule has 0 bridgehead atoms. The molecule has 1 heterocycles. The van der Waals surface area contributed by atoms with Crippen LogP contribution in [0, 0.1) is 5.82 Å². The molecule has 3 nitrogen and oxygen atoms in total. The monoisotopic (exact) mass is 257 g/mol. The van der Waals surface area contributed by atoms with Gasteiger partial charge in [-0.25, -0.2) is 4.39 Å². The first-order valence-corrected chi connectivity index (χ1v) is 5.73. The Morgan fingerprint density at radius 2 is 2.35 bits per heavy atom. The Bertz CT molecular complexity index is 444. The lowest BCUT2D eigenvalue weighted by Gasteiger charge is -2.19. The third-order valence-corrected chi connectivity index (χ3v) is 3.26. The average molecular weight is 258 g/mol. The molecule has 1 atom stereocenters. The van der Waals surface area contributed by atoms with Crippen LogP contribution < -0.4 is 5.73 Å². The maximum Gasteiger partial charge on any atom is 0.159 e. The van der Waals surface area contributed by atoms with Crippen LogP contribution in [0.25, 0.3) is 0 Å². The van der Waals surface area contributed by atoms with Gasteiger partial charge >= 0.3 is 0 Å². The largest absolute Gasteiger partial charge is 0.379 e. The molecule has 5 heteroatoms. The summed E-state index contributed by atoms with van der Waals surface area (Å²) in [7, 11) is 0. The normalized spacial score (nSPS) is 23.9. The maximum atomic E-state index is 13.2. The zero-order valence-electron chi connectivity index (χ0n) is 9.21. The molecular formula is C12H13ClFNO2. The van der Waals surface area contributed by atoms with Crippen LogP contribution in [0.2, 0.25) is 5.02 Å². The van der Waals surface area contributed by atoms with Crippen LogP contribution in [0.4, 0.5) is 4.39 Å². The minimum atomic E-state index is -0.921. The van der Waals surface area contributed by atoms with E-state index in [4.69, 9.17) is 22.1 Å². The fourth-order valence-electron chi connectivity index (χ4n) is 1.81. The van der Waals surface area contributed by atoms with Gasteiger partial charge in [0, 0.05) is 13.0 Å². The zero-order chi connectivity index (χ0) is 12.5. The smallest absolute Gasteiger partial charge is 0.159 e. The van der Waals surface area contributed by atoms with E-state index in [9.17, 15) is 9.18 Å². The maximum absolute atomic E-state index is 13.2. The van der Waals surface area contributed by atoms with Crippen LogP contribution >= 0.6 is 11.6 Å². The number of Topliss-reactive ketones (excluding diaryl/α,β-unsaturated/α-hetero) is 1. The van der Waals surface area contributed by atoms with Gasteiger partial charge in [0.1, 0.15) is 11.4 Å². The van der Waals surface area contributed by atoms with Gasteiger partial charge in [-0.05, 0) is 24.1 Å². The highest BCUT2D eigenvalue weighted by molar-refractivity contribution is 6.30. The van der Waals surface area contributed by atoms with Crippen molar-refractivity contribution >= 4 is 17.4 Å². The van der Waals surface area contributed by atoms with Crippen LogP contribution in [0.1, 0.15) is 12.0 Å². The molecule has 1 aliphatic heterocycles. The molecule has 0 amide bonds. The van der Waals surface area contributed by atoms with E-state index in [1.54, 1.807) is 6.07 Å². The molecule has 0 aromatic heterocycles. The van der Waals surface area contributed by atoms with Crippen LogP contribution in [0.3, 0.4) is 0 Å². The highest BCUT2D eigenvalue weighted by atomic mass is 35.5. The summed E-state index contributed by atoms with van der Waals surface area (Å²) in [6, 6.07) is 4.33. The van der Waals surface area contributed by atoms with Crippen LogP contribution in [-0.4, -0.2) is 24.5 Å². The molecule has 92 valence electrons. The van der Waals surface area contributed by atoms with Gasteiger partial charge in [-0.1, -0.05) is 17.7 Å². The van der Waals surface area contributed by atoms with Crippen molar-refractivity contribution in [1.29, 1.82) is 0 Å². The topological polar surface area (TPSA) is 52.3 Å². The van der Waals surface area contributed by atoms with Crippen molar-refractivity contribution in [3.8, 4) is 0 Å². The van der Waals surface area contributed by atoms with Crippen molar-refractivity contribution in [2.24, 2.45) is 5.73 Å². The van der Waals surface area contributed by atoms with Crippen molar-refractivity contribution in [3.05, 3.63) is 34.6 Å². The minimum absolute atomic E-state index is 0.0489. The highest BCUT2D eigenvalue weighted by Gasteiger charge is 2.37. The Balaban J connectivity index is 2.10. The number of ether oxygens (including phenoxy) is 1. The van der Waals surface area contributed by atoms with E-state index in [0.717, 1.165) is 0 Å². The predicted octanol–water partition coefficient (Wildman–Crippen LogP) is 1.71. The van der Waals surface area contributed by atoms with Crippen molar-refractivity contribution in [3.63, 3.8) is 0 Å². The minimum Gasteiger partial charge on any atom is -0.379 e. The zero-order valence-corrected chi connectivity index (χ0v) is 9.97. The van der Waals surface area contributed by atoms with Crippen molar-refractivity contribution in [2.75, 3.05) is 13.2 Å². The lowest BCUT2D eigenvalue weighted by atomic mass is 9.90. The van der Waals surface area contributed by atoms with Gasteiger partial charge < -0.3 is 10.5 Å². The van der Waals surface area contributed by atoms with Gasteiger partial charge in [-0.3, -0.25) is 4.79 Å². The molecule has 1 aromatic carbocycles. The second-order valence-corrected chi connectivity index (χ2v) is 4.71. The van der Waals surface area contributed by atoms with Gasteiger partial charge in [-0.15, -0.1) is 0 Å². The van der Waals surface area contributed by atoms with Gasteiger partial charge in [0.25, 0.3) is 0 Å². The summed E-state index contributed by atoms with van der Waals surface area (Å²) in [6.07, 6.45) is 0.621. The molecule has 1 aliphatic rings. The van der Waals surface area contributed by atoms with Crippen LogP contribution in [0.5, 0.6) is 0 Å². The van der Waals surface area contributed by atoms with Gasteiger partial charge in [0.15, 0.2) is 5.78 Å². The van der Waals surface area contributed by atoms with E-state index in [1.807, 2.05) is 0 Å². The number of rotatable bonds is 3. The Kier molecular flexibility index (Phi) is 3.47. The molecule has 1 fully saturated rings. The van der Waals surface area contributed by atoms with Gasteiger partial charge in [0.2, 0.25) is 0 Å². The van der Waals surface area contributed by atoms with Crippen LogP contribution in [-0.2, 0) is 16.0 Å². The standard InChI is InChI=1S/C12H13ClFNO2/c13-9-2-1-8(5-10(9)14)6-11(16)12(15)3-4-17-7-12/h1-2,5H,3-4,6-7,15H2. The Morgan fingerprint density at radius 3 is 2.94 bits per heavy atom. The van der Waals surface area contributed by atoms with Crippen molar-refractivity contribution in [2.45, 2.75) is 18.4 Å². The van der Waals surface area contributed by atoms with Gasteiger partial charge in [0.05, 0.1) is 11.6 Å². The molecule has 1 unspecified atom stereocenters. The summed E-state index contributed by atoms with van der Waals surface area (Å²) < 4.78 is 18.3. The van der Waals surface area contributed by atoms with Crippen molar-refractivity contribution in [1.82, 2.24) is 0 Å². The van der Waals surface area contributed by atoms with E-state index >= 15 is 0 Å². The van der Waals surface area contributed by atoms with E-state index in [0.29, 0.717) is 18.6 Å². The highest BCUT2D eigenvalue weighted by Crippen LogP contribution is 2.21. The molecule has 17 heavy (non-hydrogen) atoms. The Morgan fingerprint density at radius 1 is 1.59 bits per heavy atom. The summed E-state index contributed by atoms with van der Waals surface area (Å²) in [5.74, 6) is -0.651. The average Bonchev–Trinajstić information content (AvgIpc) is 2.72. The third kappa shape index (κ3) is 2.65. The summed E-state index contributed by atoms with van der Waals surface area (Å²) >= 11 is 5.57. The Labute approximate surface area is 104 Å². The second kappa shape index (κ2) is 4.72. The number of ketones is 1. The molecule has 1 saturated heterocycles. The molecule has 1 aromatic rings. The second-order valence-electron chi connectivity index (χ2n) is 4.31. The molecule has 0 saturated carbocycles. The summed E-state index contributed by atoms with van der Waals surface area (Å²) in [5.41, 5.74) is 5.58. The predicted molar refractivity (Wildman–Crippen MR) is 62.5 cm³/mol. The molecule has 0 spiro atoms. The number of carbonyl (C=O) groups is 1. The SMILES string of the molecule is NC1(C(=O)Cc2ccc(Cl)c(F)c2)CCOC1. The van der Waals surface area contributed by atoms with E-state index in [1.165, 1.54) is 12.1 Å². The lowest BCUT2D eigenvalue weighted by Crippen LogP contribution is -2.49. The summed E-state index contributed by atoms with van der Waals surface area (Å²) in [5, 5.41) is 0.0489. The number of halogens is 2. The van der Waals surface area contributed by atoms with E-state index < -0.39 is 11.4 Å². The summed E-state index contributed by atoms with van der Waals surface area (Å²) in [4.78, 5) is 12.0. The van der Waals surface area contributed by atoms with Crippen LogP contribution in [0.15, 0.2) is 18.2 Å². The summed E-state index contributed by atoms with van der Waals surface area (Å²) in [6.45, 7) is 0.735. The fourth-order valence-corrected chi connectivity index (χ4v) is 1.93. The number of carbonyl (C=O) groups excluding carboxylic acids is 1. The van der Waals surface area contributed by atoms with E-state index in [-0.39, 0.29) is 23.8 Å². The quantitative estimate of drug-likeness (QED) is 0.897. The molecule has 0 radical (unpaired) electrons. The first kappa shape index (κ1) is 12.5. The number of benzene rings is 1. The van der Waals surface area contributed by atoms with E-state index in [2.05, 4.69) is 0 Å². The van der Waals surface area contributed by atoms with Crippen molar-refractivity contribution < 1.29 is 13.9 Å². The molecule has 2 rings (SSSR count). The third-order valence-electron chi connectivity index (χ3n) is 2.96. The Hall–Kier alpha value is -0.970. The molecular weight excluding hydrogens is 245 g/mol. The molecule has 0 aliphatic carbocycles. The lowest BCUT2D eigenvalue weighted by molar-refractivity contribution is -0.123. The molecule has 2 N–H and O–H groups in total. The first-order valence-electron chi connectivity index (χ1n) is 5.35. The number of hydrogen-bond acceptors (Lipinski definition) is 3. The first-order chi connectivity index (χ1) is 8.01. The fraction of sp³-hybridized carbons (Fsp3) is 0.417.